The van der Waals surface area contributed by atoms with Crippen LogP contribution in [0.3, 0.4) is 0 Å². The number of hydrogen-bond donors (Lipinski definition) is 3. The Morgan fingerprint density at radius 2 is 1.56 bits per heavy atom. The highest BCUT2D eigenvalue weighted by Gasteiger charge is 2.14. The third-order valence-corrected chi connectivity index (χ3v) is 1.64. The Bertz CT molecular complexity index is 384. The van der Waals surface area contributed by atoms with Gasteiger partial charge in [-0.3, -0.25) is 0 Å². The van der Waals surface area contributed by atoms with Gasteiger partial charge in [-0.1, -0.05) is 11.6 Å². The summed E-state index contributed by atoms with van der Waals surface area (Å²) in [6.07, 6.45) is 0. The molecule has 1 aromatic rings. The number of aromatic carboxylic acids is 2. The van der Waals surface area contributed by atoms with Gasteiger partial charge in [0.1, 0.15) is 0 Å². The summed E-state index contributed by atoms with van der Waals surface area (Å²) < 4.78 is 0. The quantitative estimate of drug-likeness (QED) is 0.708. The van der Waals surface area contributed by atoms with Crippen LogP contribution in [0, 0.1) is 6.92 Å². The van der Waals surface area contributed by atoms with Crippen LogP contribution >= 0.6 is 0 Å². The third kappa shape index (κ3) is 4.10. The van der Waals surface area contributed by atoms with E-state index in [-0.39, 0.29) is 17.7 Å². The van der Waals surface area contributed by atoms with E-state index in [4.69, 9.17) is 15.3 Å². The van der Waals surface area contributed by atoms with E-state index in [1.54, 1.807) is 19.9 Å². The van der Waals surface area contributed by atoms with E-state index in [2.05, 4.69) is 0 Å². The Balaban J connectivity index is 0.000000673. The van der Waals surface area contributed by atoms with Crippen LogP contribution in [-0.2, 0) is 0 Å². The highest BCUT2D eigenvalue weighted by molar-refractivity contribution is 6.01. The normalized spacial score (nSPS) is 8.94. The monoisotopic (exact) mass is 226 g/mol. The molecular formula is C11H14O5. The molecule has 0 amide bonds. The summed E-state index contributed by atoms with van der Waals surface area (Å²) in [6.45, 7) is 3.64. The number of carboxylic acids is 2. The second-order valence-electron chi connectivity index (χ2n) is 2.98. The Labute approximate surface area is 93.0 Å². The highest BCUT2D eigenvalue weighted by atomic mass is 16.4. The number of carboxylic acid groups (broad SMARTS) is 2. The predicted molar refractivity (Wildman–Crippen MR) is 57.9 cm³/mol. The Kier molecular flexibility index (Phi) is 5.80. The van der Waals surface area contributed by atoms with Crippen LogP contribution in [0.15, 0.2) is 18.2 Å². The fraction of sp³-hybridized carbons (Fsp3) is 0.273. The molecule has 1 aromatic carbocycles. The number of hydrogen-bond acceptors (Lipinski definition) is 3. The van der Waals surface area contributed by atoms with Crippen molar-refractivity contribution in [2.45, 2.75) is 13.8 Å². The molecule has 0 aliphatic carbocycles. The molecular weight excluding hydrogens is 212 g/mol. The van der Waals surface area contributed by atoms with Gasteiger partial charge in [0.05, 0.1) is 11.1 Å². The average Bonchev–Trinajstić information content (AvgIpc) is 2.18. The molecule has 0 atom stereocenters. The molecule has 0 bridgehead atoms. The number of carbonyl (C=O) groups is 2. The minimum absolute atomic E-state index is 0.174. The molecule has 16 heavy (non-hydrogen) atoms. The van der Waals surface area contributed by atoms with Crippen LogP contribution in [0.4, 0.5) is 0 Å². The molecule has 1 rings (SSSR count). The first kappa shape index (κ1) is 14.1. The fourth-order valence-corrected chi connectivity index (χ4v) is 1.02. The van der Waals surface area contributed by atoms with Gasteiger partial charge in [0.15, 0.2) is 0 Å². The van der Waals surface area contributed by atoms with E-state index in [0.717, 1.165) is 5.56 Å². The van der Waals surface area contributed by atoms with Crippen molar-refractivity contribution in [3.63, 3.8) is 0 Å². The lowest BCUT2D eigenvalue weighted by Crippen LogP contribution is -2.07. The molecule has 0 aliphatic rings. The lowest BCUT2D eigenvalue weighted by atomic mass is 10.0. The van der Waals surface area contributed by atoms with Gasteiger partial charge < -0.3 is 15.3 Å². The average molecular weight is 226 g/mol. The van der Waals surface area contributed by atoms with Crippen molar-refractivity contribution in [1.29, 1.82) is 0 Å². The van der Waals surface area contributed by atoms with Gasteiger partial charge in [-0.2, -0.15) is 0 Å². The first-order chi connectivity index (χ1) is 7.43. The number of aliphatic hydroxyl groups excluding tert-OH is 1. The largest absolute Gasteiger partial charge is 0.478 e. The second kappa shape index (κ2) is 6.58. The summed E-state index contributed by atoms with van der Waals surface area (Å²) >= 11 is 0. The highest BCUT2D eigenvalue weighted by Crippen LogP contribution is 2.11. The Hall–Kier alpha value is -1.88. The number of rotatable bonds is 2. The van der Waals surface area contributed by atoms with Crippen molar-refractivity contribution in [2.24, 2.45) is 0 Å². The third-order valence-electron chi connectivity index (χ3n) is 1.64. The summed E-state index contributed by atoms with van der Waals surface area (Å²) in [4.78, 5) is 21.2. The molecule has 0 heterocycles. The van der Waals surface area contributed by atoms with E-state index in [0.29, 0.717) is 0 Å². The van der Waals surface area contributed by atoms with Crippen molar-refractivity contribution in [1.82, 2.24) is 0 Å². The zero-order chi connectivity index (χ0) is 12.7. The minimum atomic E-state index is -1.22. The predicted octanol–water partition coefficient (Wildman–Crippen LogP) is 1.39. The van der Waals surface area contributed by atoms with Crippen molar-refractivity contribution in [2.75, 3.05) is 6.61 Å². The molecule has 0 saturated carbocycles. The van der Waals surface area contributed by atoms with Crippen LogP contribution < -0.4 is 0 Å². The maximum Gasteiger partial charge on any atom is 0.336 e. The van der Waals surface area contributed by atoms with Crippen LogP contribution in [0.1, 0.15) is 33.2 Å². The van der Waals surface area contributed by atoms with Crippen LogP contribution in [0.5, 0.6) is 0 Å². The van der Waals surface area contributed by atoms with E-state index in [1.165, 1.54) is 12.1 Å². The van der Waals surface area contributed by atoms with Crippen molar-refractivity contribution in [3.05, 3.63) is 34.9 Å². The van der Waals surface area contributed by atoms with Gasteiger partial charge >= 0.3 is 11.9 Å². The van der Waals surface area contributed by atoms with Gasteiger partial charge in [0.2, 0.25) is 0 Å². The topological polar surface area (TPSA) is 94.8 Å². The molecule has 5 nitrogen and oxygen atoms in total. The first-order valence-corrected chi connectivity index (χ1v) is 4.62. The number of aryl methyl sites for hydroxylation is 1. The molecule has 0 fully saturated rings. The minimum Gasteiger partial charge on any atom is -0.478 e. The first-order valence-electron chi connectivity index (χ1n) is 4.62. The molecule has 0 radical (unpaired) electrons. The van der Waals surface area contributed by atoms with Gasteiger partial charge in [-0.05, 0) is 26.0 Å². The fourth-order valence-electron chi connectivity index (χ4n) is 1.02. The summed E-state index contributed by atoms with van der Waals surface area (Å²) in [5.74, 6) is -2.45. The maximum absolute atomic E-state index is 10.6. The van der Waals surface area contributed by atoms with E-state index >= 15 is 0 Å². The van der Waals surface area contributed by atoms with Gasteiger partial charge in [0.25, 0.3) is 0 Å². The van der Waals surface area contributed by atoms with E-state index in [9.17, 15) is 9.59 Å². The smallest absolute Gasteiger partial charge is 0.336 e. The summed E-state index contributed by atoms with van der Waals surface area (Å²) in [6, 6.07) is 4.20. The van der Waals surface area contributed by atoms with Gasteiger partial charge in [-0.15, -0.1) is 0 Å². The van der Waals surface area contributed by atoms with Crippen LogP contribution in [-0.4, -0.2) is 33.9 Å². The molecule has 0 saturated heterocycles. The molecule has 0 aromatic heterocycles. The maximum atomic E-state index is 10.6. The lowest BCUT2D eigenvalue weighted by molar-refractivity contribution is 0.0651. The summed E-state index contributed by atoms with van der Waals surface area (Å²) in [5.41, 5.74) is 0.369. The second-order valence-corrected chi connectivity index (χ2v) is 2.98. The number of aliphatic hydroxyl groups is 1. The summed E-state index contributed by atoms with van der Waals surface area (Å²) in [7, 11) is 0. The van der Waals surface area contributed by atoms with E-state index in [1.807, 2.05) is 0 Å². The molecule has 5 heteroatoms. The molecule has 88 valence electrons. The van der Waals surface area contributed by atoms with Crippen LogP contribution in [0.2, 0.25) is 0 Å². The van der Waals surface area contributed by atoms with Gasteiger partial charge in [0, 0.05) is 6.61 Å². The standard InChI is InChI=1S/C9H8O4.C2H6O/c1-5-2-3-6(8(10)11)7(4-5)9(12)13;1-2-3/h2-4H,1H3,(H,10,11)(H,12,13);3H,2H2,1H3. The molecule has 0 spiro atoms. The Morgan fingerprint density at radius 1 is 1.12 bits per heavy atom. The number of benzene rings is 1. The zero-order valence-electron chi connectivity index (χ0n) is 9.10. The van der Waals surface area contributed by atoms with Crippen molar-refractivity contribution >= 4 is 11.9 Å². The Morgan fingerprint density at radius 3 is 1.94 bits per heavy atom. The lowest BCUT2D eigenvalue weighted by Gasteiger charge is -2.01. The molecule has 3 N–H and O–H groups in total. The molecule has 0 aliphatic heterocycles. The van der Waals surface area contributed by atoms with Crippen LogP contribution in [0.25, 0.3) is 0 Å². The summed E-state index contributed by atoms with van der Waals surface area (Å²) in [5, 5.41) is 24.9. The zero-order valence-corrected chi connectivity index (χ0v) is 9.10. The van der Waals surface area contributed by atoms with E-state index < -0.39 is 11.9 Å². The van der Waals surface area contributed by atoms with Crippen molar-refractivity contribution < 1.29 is 24.9 Å². The SMILES string of the molecule is CCO.Cc1ccc(C(=O)O)c(C(=O)O)c1. The molecule has 0 unspecified atom stereocenters. The van der Waals surface area contributed by atoms with Gasteiger partial charge in [-0.25, -0.2) is 9.59 Å². The van der Waals surface area contributed by atoms with Crippen molar-refractivity contribution in [3.8, 4) is 0 Å².